The first-order chi connectivity index (χ1) is 18.0. The molecule has 0 bridgehead atoms. The minimum Gasteiger partial charge on any atom is -0.299 e. The lowest BCUT2D eigenvalue weighted by Crippen LogP contribution is -2.31. The number of carbonyl (C=O) groups is 3. The van der Waals surface area contributed by atoms with Crippen molar-refractivity contribution in [2.45, 2.75) is 153 Å². The van der Waals surface area contributed by atoms with Crippen LogP contribution in [-0.4, -0.2) is 17.3 Å². The summed E-state index contributed by atoms with van der Waals surface area (Å²) in [6.45, 7) is 25.6. The zero-order valence-electron chi connectivity index (χ0n) is 27.6. The van der Waals surface area contributed by atoms with E-state index in [4.69, 9.17) is 0 Å². The molecule has 3 atom stereocenters. The van der Waals surface area contributed by atoms with E-state index in [2.05, 4.69) is 68.4 Å². The molecule has 0 saturated carbocycles. The van der Waals surface area contributed by atoms with Crippen LogP contribution in [0, 0.1) is 30.1 Å². The predicted molar refractivity (Wildman–Crippen MR) is 167 cm³/mol. The molecule has 1 aromatic carbocycles. The highest BCUT2D eigenvalue weighted by atomic mass is 16.1. The molecule has 3 nitrogen and oxygen atoms in total. The summed E-state index contributed by atoms with van der Waals surface area (Å²) >= 11 is 0. The Kier molecular flexibility index (Phi) is 13.8. The predicted octanol–water partition coefficient (Wildman–Crippen LogP) is 9.81. The van der Waals surface area contributed by atoms with Crippen molar-refractivity contribution in [1.82, 2.24) is 0 Å². The van der Waals surface area contributed by atoms with Gasteiger partial charge in [0.05, 0.1) is 6.42 Å². The van der Waals surface area contributed by atoms with Gasteiger partial charge in [0.15, 0.2) is 5.78 Å². The van der Waals surface area contributed by atoms with E-state index in [1.54, 1.807) is 0 Å². The minimum atomic E-state index is -0.0975. The van der Waals surface area contributed by atoms with Gasteiger partial charge < -0.3 is 0 Å². The molecule has 1 aliphatic carbocycles. The minimum absolute atomic E-state index is 0.00547. The van der Waals surface area contributed by atoms with Crippen LogP contribution in [0.5, 0.6) is 0 Å². The zero-order chi connectivity index (χ0) is 30.1. The van der Waals surface area contributed by atoms with Crippen molar-refractivity contribution in [1.29, 1.82) is 0 Å². The summed E-state index contributed by atoms with van der Waals surface area (Å²) in [7, 11) is 0. The molecule has 0 saturated heterocycles. The van der Waals surface area contributed by atoms with Crippen LogP contribution < -0.4 is 0 Å². The smallest absolute Gasteiger partial charge is 0.163 e. The Labute approximate surface area is 241 Å². The standard InChI is InChI=1S/C33H52O3.C3H8/c1-11-14-24(26(13-3)29(35)19-25(34)20-32(5,6)7)15-22-16-27-23(12-2)18-28(33(8,9)10)21(4)31(27)30(36)17-22;1-3-2/h18,22,24,26H,11-17,19-20H2,1-10H3;3H2,1-2H3. The molecule has 0 aliphatic heterocycles. The van der Waals surface area contributed by atoms with Crippen LogP contribution in [0.2, 0.25) is 0 Å². The fourth-order valence-corrected chi connectivity index (χ4v) is 6.57. The van der Waals surface area contributed by atoms with E-state index in [9.17, 15) is 14.4 Å². The van der Waals surface area contributed by atoms with E-state index in [0.29, 0.717) is 12.8 Å². The Morgan fingerprint density at radius 2 is 1.56 bits per heavy atom. The van der Waals surface area contributed by atoms with Crippen molar-refractivity contribution >= 4 is 17.3 Å². The quantitative estimate of drug-likeness (QED) is 0.262. The molecule has 0 fully saturated rings. The monoisotopic (exact) mass is 540 g/mol. The maximum absolute atomic E-state index is 13.5. The zero-order valence-corrected chi connectivity index (χ0v) is 27.6. The Hall–Kier alpha value is -1.77. The molecule has 39 heavy (non-hydrogen) atoms. The van der Waals surface area contributed by atoms with Crippen LogP contribution in [0.4, 0.5) is 0 Å². The average molecular weight is 541 g/mol. The van der Waals surface area contributed by atoms with Crippen molar-refractivity contribution in [3.8, 4) is 0 Å². The maximum atomic E-state index is 13.5. The molecule has 0 heterocycles. The third-order valence-electron chi connectivity index (χ3n) is 8.04. The molecule has 3 unspecified atom stereocenters. The summed E-state index contributed by atoms with van der Waals surface area (Å²) in [4.78, 5) is 39.4. The lowest BCUT2D eigenvalue weighted by Gasteiger charge is -2.34. The van der Waals surface area contributed by atoms with Gasteiger partial charge in [-0.2, -0.15) is 0 Å². The third-order valence-corrected chi connectivity index (χ3v) is 8.04. The highest BCUT2D eigenvalue weighted by Gasteiger charge is 2.35. The second kappa shape index (κ2) is 15.3. The highest BCUT2D eigenvalue weighted by molar-refractivity contribution is 6.01. The van der Waals surface area contributed by atoms with Crippen LogP contribution in [0.1, 0.15) is 160 Å². The van der Waals surface area contributed by atoms with E-state index in [1.807, 2.05) is 20.8 Å². The first-order valence-corrected chi connectivity index (χ1v) is 15.8. The summed E-state index contributed by atoms with van der Waals surface area (Å²) in [6.07, 6.45) is 7.79. The number of Topliss-reactive ketones (excluding diaryl/α,β-unsaturated/α-hetero) is 3. The first kappa shape index (κ1) is 35.3. The van der Waals surface area contributed by atoms with Gasteiger partial charge in [0.25, 0.3) is 0 Å². The van der Waals surface area contributed by atoms with Crippen LogP contribution in [0.3, 0.4) is 0 Å². The molecular weight excluding hydrogens is 480 g/mol. The van der Waals surface area contributed by atoms with Crippen LogP contribution in [0.15, 0.2) is 6.07 Å². The van der Waals surface area contributed by atoms with Gasteiger partial charge in [-0.15, -0.1) is 0 Å². The molecule has 0 amide bonds. The van der Waals surface area contributed by atoms with E-state index in [1.165, 1.54) is 23.1 Å². The number of fused-ring (bicyclic) bond motifs is 1. The number of rotatable bonds is 11. The van der Waals surface area contributed by atoms with Gasteiger partial charge >= 0.3 is 0 Å². The molecule has 0 aromatic heterocycles. The van der Waals surface area contributed by atoms with Gasteiger partial charge in [0.2, 0.25) is 0 Å². The summed E-state index contributed by atoms with van der Waals surface area (Å²) in [6, 6.07) is 2.34. The van der Waals surface area contributed by atoms with E-state index in [-0.39, 0.29) is 52.4 Å². The Bertz CT molecular complexity index is 970. The summed E-state index contributed by atoms with van der Waals surface area (Å²) in [5, 5.41) is 0. The molecule has 222 valence electrons. The van der Waals surface area contributed by atoms with Crippen molar-refractivity contribution in [2.75, 3.05) is 0 Å². The normalized spacial score (nSPS) is 17.1. The second-order valence-electron chi connectivity index (χ2n) is 14.3. The lowest BCUT2D eigenvalue weighted by molar-refractivity contribution is -0.131. The molecular formula is C36H60O3. The molecule has 3 heteroatoms. The first-order valence-electron chi connectivity index (χ1n) is 15.8. The van der Waals surface area contributed by atoms with Gasteiger partial charge in [0.1, 0.15) is 11.6 Å². The van der Waals surface area contributed by atoms with Crippen LogP contribution in [-0.2, 0) is 27.8 Å². The summed E-state index contributed by atoms with van der Waals surface area (Å²) in [5.74, 6) is 0.831. The van der Waals surface area contributed by atoms with Gasteiger partial charge in [0, 0.05) is 24.3 Å². The molecule has 0 N–H and O–H groups in total. The third kappa shape index (κ3) is 10.3. The van der Waals surface area contributed by atoms with Crippen molar-refractivity contribution in [3.05, 3.63) is 33.9 Å². The fraction of sp³-hybridized carbons (Fsp3) is 0.750. The van der Waals surface area contributed by atoms with E-state index >= 15 is 0 Å². The Morgan fingerprint density at radius 3 is 2.03 bits per heavy atom. The number of carbonyl (C=O) groups excluding carboxylic acids is 3. The Balaban J connectivity index is 0.00000242. The number of benzene rings is 1. The average Bonchev–Trinajstić information content (AvgIpc) is 2.78. The lowest BCUT2D eigenvalue weighted by atomic mass is 9.69. The summed E-state index contributed by atoms with van der Waals surface area (Å²) < 4.78 is 0. The van der Waals surface area contributed by atoms with Crippen LogP contribution >= 0.6 is 0 Å². The number of hydrogen-bond donors (Lipinski definition) is 0. The maximum Gasteiger partial charge on any atom is 0.163 e. The topological polar surface area (TPSA) is 51.2 Å². The number of hydrogen-bond acceptors (Lipinski definition) is 3. The SMILES string of the molecule is CCC.CCCC(CC1CC(=O)c2c(C)c(C(C)(C)C)cc(CC)c2C1)C(CC)C(=O)CC(=O)CC(C)(C)C. The molecule has 2 rings (SSSR count). The highest BCUT2D eigenvalue weighted by Crippen LogP contribution is 2.40. The van der Waals surface area contributed by atoms with Gasteiger partial charge in [-0.3, -0.25) is 14.4 Å². The molecule has 0 radical (unpaired) electrons. The fourth-order valence-electron chi connectivity index (χ4n) is 6.57. The van der Waals surface area contributed by atoms with E-state index in [0.717, 1.165) is 49.7 Å². The van der Waals surface area contributed by atoms with Crippen molar-refractivity contribution < 1.29 is 14.4 Å². The van der Waals surface area contributed by atoms with Crippen molar-refractivity contribution in [3.63, 3.8) is 0 Å². The number of aryl methyl sites for hydroxylation is 1. The van der Waals surface area contributed by atoms with Gasteiger partial charge in [-0.25, -0.2) is 0 Å². The van der Waals surface area contributed by atoms with Gasteiger partial charge in [-0.05, 0) is 77.5 Å². The molecule has 0 spiro atoms. The van der Waals surface area contributed by atoms with Crippen molar-refractivity contribution in [2.24, 2.45) is 23.2 Å². The second-order valence-corrected chi connectivity index (χ2v) is 14.3. The molecule has 1 aromatic rings. The number of ketones is 3. The van der Waals surface area contributed by atoms with Gasteiger partial charge in [-0.1, -0.05) is 101 Å². The van der Waals surface area contributed by atoms with Crippen LogP contribution in [0.25, 0.3) is 0 Å². The summed E-state index contributed by atoms with van der Waals surface area (Å²) in [5.41, 5.74) is 5.87. The van der Waals surface area contributed by atoms with E-state index < -0.39 is 0 Å². The molecule has 1 aliphatic rings. The largest absolute Gasteiger partial charge is 0.299 e. The Morgan fingerprint density at radius 1 is 0.974 bits per heavy atom.